The number of nitrogens with zero attached hydrogens (tertiary/aromatic N) is 1. The highest BCUT2D eigenvalue weighted by atomic mass is 16.3. The van der Waals surface area contributed by atoms with Crippen LogP contribution in [0, 0.1) is 11.3 Å². The van der Waals surface area contributed by atoms with Crippen LogP contribution in [0.3, 0.4) is 0 Å². The van der Waals surface area contributed by atoms with Gasteiger partial charge in [-0.1, -0.05) is 25.5 Å². The third-order valence-electron chi connectivity index (χ3n) is 2.23. The van der Waals surface area contributed by atoms with E-state index in [1.54, 1.807) is 24.3 Å². The Morgan fingerprint density at radius 2 is 2.07 bits per heavy atom. The zero-order valence-corrected chi connectivity index (χ0v) is 8.90. The first-order valence-electron chi connectivity index (χ1n) is 5.20. The molecule has 80 valence electrons. The summed E-state index contributed by atoms with van der Waals surface area (Å²) in [6.07, 6.45) is 2.18. The SMILES string of the molecule is CCCCNC(C#N)c1ccc(O)cc1. The van der Waals surface area contributed by atoms with E-state index >= 15 is 0 Å². The van der Waals surface area contributed by atoms with Crippen LogP contribution in [0.4, 0.5) is 0 Å². The predicted octanol–water partition coefficient (Wildman–Crippen LogP) is 2.35. The summed E-state index contributed by atoms with van der Waals surface area (Å²) in [5, 5.41) is 21.3. The Balaban J connectivity index is 2.59. The van der Waals surface area contributed by atoms with Gasteiger partial charge in [-0.25, -0.2) is 0 Å². The van der Waals surface area contributed by atoms with E-state index in [1.165, 1.54) is 0 Å². The summed E-state index contributed by atoms with van der Waals surface area (Å²) >= 11 is 0. The van der Waals surface area contributed by atoms with Gasteiger partial charge in [0.05, 0.1) is 6.07 Å². The zero-order chi connectivity index (χ0) is 11.1. The maximum Gasteiger partial charge on any atom is 0.121 e. The van der Waals surface area contributed by atoms with Crippen molar-refractivity contribution in [3.8, 4) is 11.8 Å². The molecule has 1 aromatic rings. The predicted molar refractivity (Wildman–Crippen MR) is 59.4 cm³/mol. The summed E-state index contributed by atoms with van der Waals surface area (Å²) in [6, 6.07) is 8.65. The first-order chi connectivity index (χ1) is 7.27. The molecule has 1 unspecified atom stereocenters. The van der Waals surface area contributed by atoms with E-state index in [1.807, 2.05) is 0 Å². The van der Waals surface area contributed by atoms with Gasteiger partial charge in [-0.2, -0.15) is 5.26 Å². The molecule has 2 N–H and O–H groups in total. The van der Waals surface area contributed by atoms with Crippen LogP contribution in [-0.2, 0) is 0 Å². The van der Waals surface area contributed by atoms with E-state index < -0.39 is 0 Å². The molecule has 1 atom stereocenters. The molecule has 1 aromatic carbocycles. The van der Waals surface area contributed by atoms with Crippen molar-refractivity contribution in [2.24, 2.45) is 0 Å². The van der Waals surface area contributed by atoms with Crippen LogP contribution in [0.25, 0.3) is 0 Å². The van der Waals surface area contributed by atoms with Gasteiger partial charge in [0.1, 0.15) is 11.8 Å². The number of phenols is 1. The summed E-state index contributed by atoms with van der Waals surface area (Å²) in [5.74, 6) is 0.226. The van der Waals surface area contributed by atoms with Gasteiger partial charge in [-0.15, -0.1) is 0 Å². The fourth-order valence-corrected chi connectivity index (χ4v) is 1.33. The number of unbranched alkanes of at least 4 members (excludes halogenated alkanes) is 1. The molecule has 0 aliphatic heterocycles. The first kappa shape index (κ1) is 11.5. The molecular formula is C12H16N2O. The van der Waals surface area contributed by atoms with Crippen molar-refractivity contribution in [1.29, 1.82) is 5.26 Å². The lowest BCUT2D eigenvalue weighted by Gasteiger charge is -2.11. The molecule has 1 rings (SSSR count). The molecule has 0 bridgehead atoms. The fourth-order valence-electron chi connectivity index (χ4n) is 1.33. The van der Waals surface area contributed by atoms with Gasteiger partial charge in [-0.05, 0) is 30.7 Å². The fraction of sp³-hybridized carbons (Fsp3) is 0.417. The third kappa shape index (κ3) is 3.61. The molecule has 0 saturated heterocycles. The van der Waals surface area contributed by atoms with Gasteiger partial charge >= 0.3 is 0 Å². The lowest BCUT2D eigenvalue weighted by molar-refractivity contribution is 0.474. The van der Waals surface area contributed by atoms with Crippen LogP contribution in [0.5, 0.6) is 5.75 Å². The van der Waals surface area contributed by atoms with E-state index in [0.717, 1.165) is 24.9 Å². The minimum absolute atomic E-state index is 0.226. The second-order valence-corrected chi connectivity index (χ2v) is 3.46. The van der Waals surface area contributed by atoms with Crippen molar-refractivity contribution in [2.45, 2.75) is 25.8 Å². The molecule has 0 spiro atoms. The number of hydrogen-bond donors (Lipinski definition) is 2. The highest BCUT2D eigenvalue weighted by Crippen LogP contribution is 2.16. The van der Waals surface area contributed by atoms with Crippen LogP contribution in [0.1, 0.15) is 31.4 Å². The number of rotatable bonds is 5. The van der Waals surface area contributed by atoms with Crippen molar-refractivity contribution < 1.29 is 5.11 Å². The highest BCUT2D eigenvalue weighted by molar-refractivity contribution is 5.30. The smallest absolute Gasteiger partial charge is 0.121 e. The standard InChI is InChI=1S/C12H16N2O/c1-2-3-8-14-12(9-13)10-4-6-11(15)7-5-10/h4-7,12,14-15H,2-3,8H2,1H3. The van der Waals surface area contributed by atoms with Crippen LogP contribution < -0.4 is 5.32 Å². The lowest BCUT2D eigenvalue weighted by atomic mass is 10.1. The summed E-state index contributed by atoms with van der Waals surface area (Å²) in [7, 11) is 0. The third-order valence-corrected chi connectivity index (χ3v) is 2.23. The van der Waals surface area contributed by atoms with Gasteiger partial charge in [0.25, 0.3) is 0 Å². The Kier molecular flexibility index (Phi) is 4.65. The lowest BCUT2D eigenvalue weighted by Crippen LogP contribution is -2.20. The summed E-state index contributed by atoms with van der Waals surface area (Å²) in [5.41, 5.74) is 0.895. The monoisotopic (exact) mass is 204 g/mol. The first-order valence-corrected chi connectivity index (χ1v) is 5.20. The minimum atomic E-state index is -0.280. The average molecular weight is 204 g/mol. The second kappa shape index (κ2) is 6.05. The molecule has 0 radical (unpaired) electrons. The van der Waals surface area contributed by atoms with Crippen molar-refractivity contribution in [3.63, 3.8) is 0 Å². The van der Waals surface area contributed by atoms with E-state index in [9.17, 15) is 0 Å². The van der Waals surface area contributed by atoms with Crippen LogP contribution in [-0.4, -0.2) is 11.7 Å². The van der Waals surface area contributed by atoms with Gasteiger partial charge < -0.3 is 5.11 Å². The number of phenolic OH excluding ortho intramolecular Hbond substituents is 1. The van der Waals surface area contributed by atoms with Gasteiger partial charge in [0, 0.05) is 0 Å². The van der Waals surface area contributed by atoms with Crippen LogP contribution >= 0.6 is 0 Å². The number of aromatic hydroxyl groups is 1. The zero-order valence-electron chi connectivity index (χ0n) is 8.90. The van der Waals surface area contributed by atoms with Gasteiger partial charge in [0.15, 0.2) is 0 Å². The largest absolute Gasteiger partial charge is 0.508 e. The molecule has 0 saturated carbocycles. The Bertz CT molecular complexity index is 326. The van der Waals surface area contributed by atoms with Crippen LogP contribution in [0.2, 0.25) is 0 Å². The molecule has 0 aliphatic carbocycles. The van der Waals surface area contributed by atoms with Crippen molar-refractivity contribution in [3.05, 3.63) is 29.8 Å². The minimum Gasteiger partial charge on any atom is -0.508 e. The molecule has 0 aromatic heterocycles. The Labute approximate surface area is 90.4 Å². The Hall–Kier alpha value is -1.53. The second-order valence-electron chi connectivity index (χ2n) is 3.46. The molecule has 0 fully saturated rings. The number of benzene rings is 1. The maximum absolute atomic E-state index is 9.12. The summed E-state index contributed by atoms with van der Waals surface area (Å²) in [6.45, 7) is 2.96. The van der Waals surface area contributed by atoms with E-state index in [0.29, 0.717) is 0 Å². The van der Waals surface area contributed by atoms with E-state index in [-0.39, 0.29) is 11.8 Å². The Morgan fingerprint density at radius 1 is 1.40 bits per heavy atom. The van der Waals surface area contributed by atoms with E-state index in [2.05, 4.69) is 18.3 Å². The molecule has 0 heterocycles. The molecule has 3 heteroatoms. The molecule has 0 aliphatic rings. The molecule has 3 nitrogen and oxygen atoms in total. The van der Waals surface area contributed by atoms with Crippen LogP contribution in [0.15, 0.2) is 24.3 Å². The summed E-state index contributed by atoms with van der Waals surface area (Å²) < 4.78 is 0. The van der Waals surface area contributed by atoms with Crippen molar-refractivity contribution in [2.75, 3.05) is 6.54 Å². The van der Waals surface area contributed by atoms with Gasteiger partial charge in [-0.3, -0.25) is 5.32 Å². The number of nitriles is 1. The molecular weight excluding hydrogens is 188 g/mol. The maximum atomic E-state index is 9.12. The highest BCUT2D eigenvalue weighted by Gasteiger charge is 2.08. The number of nitrogens with one attached hydrogen (secondary N) is 1. The van der Waals surface area contributed by atoms with E-state index in [4.69, 9.17) is 10.4 Å². The molecule has 0 amide bonds. The topological polar surface area (TPSA) is 56.0 Å². The average Bonchev–Trinajstić information content (AvgIpc) is 2.26. The number of hydrogen-bond acceptors (Lipinski definition) is 3. The summed E-state index contributed by atoms with van der Waals surface area (Å²) in [4.78, 5) is 0. The molecule has 15 heavy (non-hydrogen) atoms. The quantitative estimate of drug-likeness (QED) is 0.724. The van der Waals surface area contributed by atoms with Crippen molar-refractivity contribution in [1.82, 2.24) is 5.32 Å². The normalized spacial score (nSPS) is 12.0. The van der Waals surface area contributed by atoms with Gasteiger partial charge in [0.2, 0.25) is 0 Å². The Morgan fingerprint density at radius 3 is 2.60 bits per heavy atom. The van der Waals surface area contributed by atoms with Crippen molar-refractivity contribution >= 4 is 0 Å².